The summed E-state index contributed by atoms with van der Waals surface area (Å²) in [5, 5.41) is 0. The first-order valence-electron chi connectivity index (χ1n) is 7.01. The van der Waals surface area contributed by atoms with Gasteiger partial charge in [0.2, 0.25) is 0 Å². The van der Waals surface area contributed by atoms with Crippen molar-refractivity contribution < 1.29 is 4.74 Å². The Bertz CT molecular complexity index is 689. The smallest absolute Gasteiger partial charge is 0.254 e. The Balaban J connectivity index is 2.25. The molecule has 1 aliphatic heterocycles. The van der Waals surface area contributed by atoms with Crippen LogP contribution in [0.15, 0.2) is 29.3 Å². The number of H-pyrrole nitrogens is 1. The molecule has 104 valence electrons. The summed E-state index contributed by atoms with van der Waals surface area (Å²) in [6.07, 6.45) is 3.52. The van der Waals surface area contributed by atoms with Crippen LogP contribution in [0.2, 0.25) is 0 Å². The van der Waals surface area contributed by atoms with Gasteiger partial charge in [0.05, 0.1) is 18.6 Å². The maximum Gasteiger partial charge on any atom is 0.254 e. The summed E-state index contributed by atoms with van der Waals surface area (Å²) in [7, 11) is 0. The van der Waals surface area contributed by atoms with Crippen LogP contribution in [0.25, 0.3) is 11.3 Å². The van der Waals surface area contributed by atoms with E-state index in [4.69, 9.17) is 4.74 Å². The second kappa shape index (κ2) is 5.12. The van der Waals surface area contributed by atoms with Crippen molar-refractivity contribution in [2.75, 3.05) is 6.61 Å². The Morgan fingerprint density at radius 2 is 2.20 bits per heavy atom. The van der Waals surface area contributed by atoms with Crippen molar-refractivity contribution in [3.05, 3.63) is 46.0 Å². The molecular formula is C16H18N2O2. The second-order valence-corrected chi connectivity index (χ2v) is 5.39. The number of benzene rings is 1. The minimum absolute atomic E-state index is 0.0709. The predicted octanol–water partition coefficient (Wildman–Crippen LogP) is 2.89. The summed E-state index contributed by atoms with van der Waals surface area (Å²) in [6, 6.07) is 6.08. The quantitative estimate of drug-likeness (QED) is 0.913. The lowest BCUT2D eigenvalue weighted by atomic mass is 9.95. The van der Waals surface area contributed by atoms with Crippen LogP contribution < -0.4 is 10.3 Å². The average Bonchev–Trinajstić information content (AvgIpc) is 2.46. The van der Waals surface area contributed by atoms with Crippen LogP contribution in [-0.4, -0.2) is 16.6 Å². The maximum absolute atomic E-state index is 12.1. The van der Waals surface area contributed by atoms with Gasteiger partial charge < -0.3 is 9.72 Å². The van der Waals surface area contributed by atoms with Crippen LogP contribution in [0.1, 0.15) is 37.3 Å². The van der Waals surface area contributed by atoms with Crippen molar-refractivity contribution in [3.8, 4) is 17.0 Å². The molecule has 0 aliphatic carbocycles. The average molecular weight is 270 g/mol. The first kappa shape index (κ1) is 12.9. The summed E-state index contributed by atoms with van der Waals surface area (Å²) in [5.74, 6) is 1.00. The molecule has 2 heterocycles. The molecule has 0 unspecified atom stereocenters. The van der Waals surface area contributed by atoms with E-state index >= 15 is 0 Å². The molecule has 1 aliphatic rings. The Hall–Kier alpha value is -2.10. The minimum Gasteiger partial charge on any atom is -0.493 e. The molecule has 2 aromatic rings. The molecule has 0 saturated heterocycles. The molecule has 0 fully saturated rings. The van der Waals surface area contributed by atoms with Crippen LogP contribution in [-0.2, 0) is 6.42 Å². The first-order chi connectivity index (χ1) is 9.68. The predicted molar refractivity (Wildman–Crippen MR) is 78.2 cm³/mol. The summed E-state index contributed by atoms with van der Waals surface area (Å²) in [6.45, 7) is 4.74. The standard InChI is InChI=1S/C16H18N2O2/c1-10(2)13-14(17-9-18-16(13)19)12-7-3-5-11-6-4-8-20-15(11)12/h3,5,7,9-10H,4,6,8H2,1-2H3,(H,17,18,19). The summed E-state index contributed by atoms with van der Waals surface area (Å²) < 4.78 is 5.83. The molecule has 1 aromatic carbocycles. The van der Waals surface area contributed by atoms with E-state index in [0.717, 1.165) is 42.0 Å². The zero-order chi connectivity index (χ0) is 14.1. The molecule has 4 heteroatoms. The largest absolute Gasteiger partial charge is 0.493 e. The van der Waals surface area contributed by atoms with Gasteiger partial charge in [-0.3, -0.25) is 4.79 Å². The Labute approximate surface area is 117 Å². The third-order valence-corrected chi connectivity index (χ3v) is 3.65. The normalized spacial score (nSPS) is 13.9. The van der Waals surface area contributed by atoms with Gasteiger partial charge in [-0.25, -0.2) is 4.98 Å². The summed E-state index contributed by atoms with van der Waals surface area (Å²) in [4.78, 5) is 19.2. The molecule has 20 heavy (non-hydrogen) atoms. The first-order valence-corrected chi connectivity index (χ1v) is 7.01. The topological polar surface area (TPSA) is 55.0 Å². The Kier molecular flexibility index (Phi) is 3.30. The van der Waals surface area contributed by atoms with Crippen molar-refractivity contribution in [2.45, 2.75) is 32.6 Å². The van der Waals surface area contributed by atoms with Crippen LogP contribution in [0.3, 0.4) is 0 Å². The number of hydrogen-bond acceptors (Lipinski definition) is 3. The number of aryl methyl sites for hydroxylation is 1. The molecule has 0 amide bonds. The number of fused-ring (bicyclic) bond motifs is 1. The second-order valence-electron chi connectivity index (χ2n) is 5.39. The number of nitrogens with zero attached hydrogens (tertiary/aromatic N) is 1. The van der Waals surface area contributed by atoms with E-state index in [-0.39, 0.29) is 11.5 Å². The lowest BCUT2D eigenvalue weighted by Crippen LogP contribution is -2.17. The molecule has 3 rings (SSSR count). The van der Waals surface area contributed by atoms with Gasteiger partial charge >= 0.3 is 0 Å². The fraction of sp³-hybridized carbons (Fsp3) is 0.375. The number of aromatic nitrogens is 2. The number of aromatic amines is 1. The zero-order valence-corrected chi connectivity index (χ0v) is 11.8. The maximum atomic E-state index is 12.1. The van der Waals surface area contributed by atoms with Crippen LogP contribution >= 0.6 is 0 Å². The van der Waals surface area contributed by atoms with E-state index in [0.29, 0.717) is 0 Å². The van der Waals surface area contributed by atoms with E-state index in [9.17, 15) is 4.79 Å². The third kappa shape index (κ3) is 2.11. The van der Waals surface area contributed by atoms with E-state index < -0.39 is 0 Å². The highest BCUT2D eigenvalue weighted by molar-refractivity contribution is 5.72. The Morgan fingerprint density at radius 3 is 3.00 bits per heavy atom. The molecule has 1 N–H and O–H groups in total. The molecule has 0 atom stereocenters. The molecule has 0 spiro atoms. The van der Waals surface area contributed by atoms with Crippen LogP contribution in [0.5, 0.6) is 5.75 Å². The highest BCUT2D eigenvalue weighted by Crippen LogP contribution is 2.37. The van der Waals surface area contributed by atoms with Crippen LogP contribution in [0.4, 0.5) is 0 Å². The molecule has 0 radical (unpaired) electrons. The fourth-order valence-corrected chi connectivity index (χ4v) is 2.74. The Morgan fingerprint density at radius 1 is 1.35 bits per heavy atom. The van der Waals surface area contributed by atoms with E-state index in [1.165, 1.54) is 11.9 Å². The van der Waals surface area contributed by atoms with Crippen molar-refractivity contribution in [1.29, 1.82) is 0 Å². The zero-order valence-electron chi connectivity index (χ0n) is 11.8. The molecule has 0 bridgehead atoms. The van der Waals surface area contributed by atoms with Crippen LogP contribution in [0, 0.1) is 0 Å². The highest BCUT2D eigenvalue weighted by Gasteiger charge is 2.21. The number of hydrogen-bond donors (Lipinski definition) is 1. The van der Waals surface area contributed by atoms with Crippen molar-refractivity contribution in [3.63, 3.8) is 0 Å². The van der Waals surface area contributed by atoms with Crippen molar-refractivity contribution >= 4 is 0 Å². The van der Waals surface area contributed by atoms with Gasteiger partial charge in [0, 0.05) is 11.1 Å². The van der Waals surface area contributed by atoms with Gasteiger partial charge in [0.25, 0.3) is 5.56 Å². The van der Waals surface area contributed by atoms with Gasteiger partial charge in [0.1, 0.15) is 5.75 Å². The number of rotatable bonds is 2. The molecule has 0 saturated carbocycles. The lowest BCUT2D eigenvalue weighted by molar-refractivity contribution is 0.289. The summed E-state index contributed by atoms with van der Waals surface area (Å²) >= 11 is 0. The molecule has 4 nitrogen and oxygen atoms in total. The van der Waals surface area contributed by atoms with Gasteiger partial charge in [-0.1, -0.05) is 26.0 Å². The third-order valence-electron chi connectivity index (χ3n) is 3.65. The number of ether oxygens (including phenoxy) is 1. The fourth-order valence-electron chi connectivity index (χ4n) is 2.74. The van der Waals surface area contributed by atoms with E-state index in [1.54, 1.807) is 0 Å². The van der Waals surface area contributed by atoms with E-state index in [2.05, 4.69) is 16.0 Å². The minimum atomic E-state index is -0.0709. The van der Waals surface area contributed by atoms with Gasteiger partial charge in [-0.05, 0) is 30.4 Å². The molecule has 1 aromatic heterocycles. The summed E-state index contributed by atoms with van der Waals surface area (Å²) in [5.41, 5.74) is 3.51. The SMILES string of the molecule is CC(C)c1c(-c2cccc3c2OCCC3)nc[nH]c1=O. The number of nitrogens with one attached hydrogen (secondary N) is 1. The molecular weight excluding hydrogens is 252 g/mol. The van der Waals surface area contributed by atoms with Crippen molar-refractivity contribution in [1.82, 2.24) is 9.97 Å². The highest BCUT2D eigenvalue weighted by atomic mass is 16.5. The van der Waals surface area contributed by atoms with Gasteiger partial charge in [-0.2, -0.15) is 0 Å². The van der Waals surface area contributed by atoms with Crippen molar-refractivity contribution in [2.24, 2.45) is 0 Å². The monoisotopic (exact) mass is 270 g/mol. The van der Waals surface area contributed by atoms with E-state index in [1.807, 2.05) is 26.0 Å². The number of para-hydroxylation sites is 1. The lowest BCUT2D eigenvalue weighted by Gasteiger charge is -2.21. The van der Waals surface area contributed by atoms with Gasteiger partial charge in [0.15, 0.2) is 0 Å². The van der Waals surface area contributed by atoms with Gasteiger partial charge in [-0.15, -0.1) is 0 Å².